The first-order chi connectivity index (χ1) is 13.3. The predicted octanol–water partition coefficient (Wildman–Crippen LogP) is 3.62. The summed E-state index contributed by atoms with van der Waals surface area (Å²) < 4.78 is 18.2. The number of nitro benzene ring substituents is 1. The number of non-ortho nitro benzene ring substituents is 1. The van der Waals surface area contributed by atoms with E-state index in [1.807, 2.05) is 0 Å². The van der Waals surface area contributed by atoms with E-state index in [1.54, 1.807) is 17.9 Å². The van der Waals surface area contributed by atoms with Crippen molar-refractivity contribution >= 4 is 34.7 Å². The van der Waals surface area contributed by atoms with Gasteiger partial charge in [0.05, 0.1) is 23.6 Å². The topological polar surface area (TPSA) is 84.7 Å². The summed E-state index contributed by atoms with van der Waals surface area (Å²) in [5.41, 5.74) is 1.69. The number of carbonyl (C=O) groups is 1. The Morgan fingerprint density at radius 1 is 1.29 bits per heavy atom. The Balaban J connectivity index is 2.14. The second-order valence-corrected chi connectivity index (χ2v) is 6.42. The smallest absolute Gasteiger partial charge is 0.337 e. The van der Waals surface area contributed by atoms with Crippen LogP contribution in [0.15, 0.2) is 59.8 Å². The molecule has 0 radical (unpaired) electrons. The van der Waals surface area contributed by atoms with Crippen LogP contribution < -0.4 is 10.2 Å². The van der Waals surface area contributed by atoms with Gasteiger partial charge in [-0.1, -0.05) is 12.1 Å². The highest BCUT2D eigenvalue weighted by Gasteiger charge is 2.35. The molecule has 0 fully saturated rings. The van der Waals surface area contributed by atoms with E-state index in [9.17, 15) is 19.3 Å². The van der Waals surface area contributed by atoms with Crippen molar-refractivity contribution in [2.75, 3.05) is 12.0 Å². The highest BCUT2D eigenvalue weighted by molar-refractivity contribution is 7.80. The molecule has 2 aromatic carbocycles. The predicted molar refractivity (Wildman–Crippen MR) is 105 cm³/mol. The van der Waals surface area contributed by atoms with Crippen LogP contribution in [0.3, 0.4) is 0 Å². The van der Waals surface area contributed by atoms with Crippen LogP contribution in [-0.4, -0.2) is 23.1 Å². The van der Waals surface area contributed by atoms with E-state index in [0.29, 0.717) is 16.9 Å². The standard InChI is InChI=1S/C19H16FN3O4S/c1-11-16(18(24)27-2)17(12-4-3-5-15(10-12)23(25)26)21-19(28)22(11)14-8-6-13(20)7-9-14/h3-10,17H,1-2H3,(H,21,28)/t17-/m0/s1. The van der Waals surface area contributed by atoms with Crippen LogP contribution in [0.1, 0.15) is 18.5 Å². The minimum atomic E-state index is -0.725. The van der Waals surface area contributed by atoms with Crippen LogP contribution in [0.25, 0.3) is 0 Å². The summed E-state index contributed by atoms with van der Waals surface area (Å²) in [6.45, 7) is 1.69. The van der Waals surface area contributed by atoms with Crippen LogP contribution in [-0.2, 0) is 9.53 Å². The lowest BCUT2D eigenvalue weighted by atomic mass is 9.94. The maximum Gasteiger partial charge on any atom is 0.337 e. The Bertz CT molecular complexity index is 991. The van der Waals surface area contributed by atoms with E-state index in [0.717, 1.165) is 0 Å². The van der Waals surface area contributed by atoms with Crippen molar-refractivity contribution in [3.05, 3.63) is 81.3 Å². The van der Waals surface area contributed by atoms with Crippen molar-refractivity contribution in [1.82, 2.24) is 5.32 Å². The molecular weight excluding hydrogens is 385 g/mol. The molecule has 0 saturated carbocycles. The van der Waals surface area contributed by atoms with E-state index in [4.69, 9.17) is 17.0 Å². The average Bonchev–Trinajstić information content (AvgIpc) is 2.68. The Hall–Kier alpha value is -3.33. The number of halogens is 1. The molecule has 0 aromatic heterocycles. The summed E-state index contributed by atoms with van der Waals surface area (Å²) in [5, 5.41) is 14.4. The molecule has 3 rings (SSSR count). The monoisotopic (exact) mass is 401 g/mol. The Morgan fingerprint density at radius 2 is 1.96 bits per heavy atom. The maximum absolute atomic E-state index is 13.3. The van der Waals surface area contributed by atoms with E-state index in [1.165, 1.54) is 49.6 Å². The van der Waals surface area contributed by atoms with Crippen molar-refractivity contribution < 1.29 is 18.8 Å². The zero-order valence-electron chi connectivity index (χ0n) is 15.0. The minimum Gasteiger partial charge on any atom is -0.466 e. The van der Waals surface area contributed by atoms with Gasteiger partial charge in [0.15, 0.2) is 5.11 Å². The molecule has 1 heterocycles. The minimum absolute atomic E-state index is 0.104. The number of nitrogens with zero attached hydrogens (tertiary/aromatic N) is 2. The lowest BCUT2D eigenvalue weighted by Crippen LogP contribution is -2.48. The van der Waals surface area contributed by atoms with Crippen molar-refractivity contribution in [2.45, 2.75) is 13.0 Å². The number of ether oxygens (including phenoxy) is 1. The van der Waals surface area contributed by atoms with Gasteiger partial charge in [0, 0.05) is 23.5 Å². The second kappa shape index (κ2) is 7.73. The van der Waals surface area contributed by atoms with Gasteiger partial charge in [-0.15, -0.1) is 0 Å². The van der Waals surface area contributed by atoms with Gasteiger partial charge in [-0.25, -0.2) is 9.18 Å². The normalized spacial score (nSPS) is 16.6. The summed E-state index contributed by atoms with van der Waals surface area (Å²) in [4.78, 5) is 24.7. The zero-order chi connectivity index (χ0) is 20.4. The molecule has 1 aliphatic rings. The molecule has 7 nitrogen and oxygen atoms in total. The fourth-order valence-electron chi connectivity index (χ4n) is 3.09. The molecule has 0 saturated heterocycles. The lowest BCUT2D eigenvalue weighted by molar-refractivity contribution is -0.384. The molecule has 1 N–H and O–H groups in total. The van der Waals surface area contributed by atoms with Crippen molar-refractivity contribution in [1.29, 1.82) is 0 Å². The van der Waals surface area contributed by atoms with Gasteiger partial charge in [0.2, 0.25) is 0 Å². The number of nitrogens with one attached hydrogen (secondary N) is 1. The number of anilines is 1. The largest absolute Gasteiger partial charge is 0.466 e. The number of allylic oxidation sites excluding steroid dienone is 1. The fraction of sp³-hybridized carbons (Fsp3) is 0.158. The molecule has 0 bridgehead atoms. The van der Waals surface area contributed by atoms with Crippen LogP contribution in [0.4, 0.5) is 15.8 Å². The Labute approximate surface area is 165 Å². The SMILES string of the molecule is COC(=O)C1=C(C)N(c2ccc(F)cc2)C(=S)N[C@H]1c1cccc([N+](=O)[O-])c1. The average molecular weight is 401 g/mol. The second-order valence-electron chi connectivity index (χ2n) is 6.04. The third-order valence-electron chi connectivity index (χ3n) is 4.39. The van der Waals surface area contributed by atoms with Crippen LogP contribution in [0.5, 0.6) is 0 Å². The molecule has 0 unspecified atom stereocenters. The molecule has 144 valence electrons. The molecule has 2 aromatic rings. The third kappa shape index (κ3) is 3.56. The van der Waals surface area contributed by atoms with E-state index in [2.05, 4.69) is 5.32 Å². The number of thiocarbonyl (C=S) groups is 1. The summed E-state index contributed by atoms with van der Waals surface area (Å²) in [6, 6.07) is 10.9. The quantitative estimate of drug-likeness (QED) is 0.362. The number of esters is 1. The Kier molecular flexibility index (Phi) is 5.36. The number of hydrogen-bond acceptors (Lipinski definition) is 5. The molecule has 0 amide bonds. The summed E-state index contributed by atoms with van der Waals surface area (Å²) in [6.07, 6.45) is 0. The molecule has 9 heteroatoms. The van der Waals surface area contributed by atoms with Crippen molar-refractivity contribution in [3.8, 4) is 0 Å². The van der Waals surface area contributed by atoms with Crippen molar-refractivity contribution in [2.24, 2.45) is 0 Å². The van der Waals surface area contributed by atoms with Gasteiger partial charge >= 0.3 is 5.97 Å². The lowest BCUT2D eigenvalue weighted by Gasteiger charge is -2.37. The molecular formula is C19H16FN3O4S. The van der Waals surface area contributed by atoms with E-state index < -0.39 is 22.8 Å². The van der Waals surface area contributed by atoms with Gasteiger partial charge in [-0.05, 0) is 49.0 Å². The number of methoxy groups -OCH3 is 1. The summed E-state index contributed by atoms with van der Waals surface area (Å²) in [5.74, 6) is -1.000. The third-order valence-corrected chi connectivity index (χ3v) is 4.69. The van der Waals surface area contributed by atoms with Crippen LogP contribution in [0.2, 0.25) is 0 Å². The van der Waals surface area contributed by atoms with Crippen LogP contribution >= 0.6 is 12.2 Å². The molecule has 0 aliphatic carbocycles. The summed E-state index contributed by atoms with van der Waals surface area (Å²) in [7, 11) is 1.25. The van der Waals surface area contributed by atoms with E-state index in [-0.39, 0.29) is 16.4 Å². The number of nitro groups is 1. The van der Waals surface area contributed by atoms with Gasteiger partial charge in [-0.2, -0.15) is 0 Å². The van der Waals surface area contributed by atoms with Gasteiger partial charge in [0.1, 0.15) is 5.82 Å². The van der Waals surface area contributed by atoms with Gasteiger partial charge in [-0.3, -0.25) is 15.0 Å². The highest BCUT2D eigenvalue weighted by atomic mass is 32.1. The summed E-state index contributed by atoms with van der Waals surface area (Å²) >= 11 is 5.46. The fourth-order valence-corrected chi connectivity index (χ4v) is 3.45. The molecule has 28 heavy (non-hydrogen) atoms. The van der Waals surface area contributed by atoms with Gasteiger partial charge in [0.25, 0.3) is 5.69 Å². The molecule has 1 aliphatic heterocycles. The zero-order valence-corrected chi connectivity index (χ0v) is 15.8. The first kappa shape index (κ1) is 19.4. The van der Waals surface area contributed by atoms with Gasteiger partial charge < -0.3 is 10.1 Å². The maximum atomic E-state index is 13.3. The van der Waals surface area contributed by atoms with Crippen molar-refractivity contribution in [3.63, 3.8) is 0 Å². The molecule has 0 spiro atoms. The number of benzene rings is 2. The van der Waals surface area contributed by atoms with Crippen LogP contribution in [0, 0.1) is 15.9 Å². The van der Waals surface area contributed by atoms with E-state index >= 15 is 0 Å². The number of carbonyl (C=O) groups excluding carboxylic acids is 1. The first-order valence-corrected chi connectivity index (χ1v) is 8.64. The highest BCUT2D eigenvalue weighted by Crippen LogP contribution is 2.35. The first-order valence-electron chi connectivity index (χ1n) is 8.23. The Morgan fingerprint density at radius 3 is 2.57 bits per heavy atom. The molecule has 1 atom stereocenters. The number of rotatable bonds is 4. The number of hydrogen-bond donors (Lipinski definition) is 1.